The van der Waals surface area contributed by atoms with Gasteiger partial charge < -0.3 is 15.2 Å². The molecule has 4 nitrogen and oxygen atoms in total. The van der Waals surface area contributed by atoms with Gasteiger partial charge >= 0.3 is 0 Å². The highest BCUT2D eigenvalue weighted by Gasteiger charge is 2.15. The monoisotopic (exact) mass is 223 g/mol. The second kappa shape index (κ2) is 5.51. The van der Waals surface area contributed by atoms with Gasteiger partial charge in [-0.15, -0.1) is 0 Å². The van der Waals surface area contributed by atoms with Crippen LogP contribution in [-0.2, 0) is 0 Å². The number of methoxy groups -OCH3 is 2. The fourth-order valence-corrected chi connectivity index (χ4v) is 1.65. The highest BCUT2D eigenvalue weighted by molar-refractivity contribution is 5.98. The molecular formula is C12H17NO3. The maximum atomic E-state index is 11.8. The van der Waals surface area contributed by atoms with Crippen LogP contribution in [0.25, 0.3) is 0 Å². The van der Waals surface area contributed by atoms with Gasteiger partial charge in [-0.3, -0.25) is 4.79 Å². The van der Waals surface area contributed by atoms with Crippen LogP contribution in [-0.4, -0.2) is 26.5 Å². The number of ether oxygens (including phenoxy) is 2. The van der Waals surface area contributed by atoms with Crippen molar-refractivity contribution in [2.45, 2.75) is 13.3 Å². The summed E-state index contributed by atoms with van der Waals surface area (Å²) in [6.45, 7) is 2.19. The van der Waals surface area contributed by atoms with E-state index in [1.165, 1.54) is 0 Å². The molecule has 0 bridgehead atoms. The van der Waals surface area contributed by atoms with Crippen LogP contribution in [0.15, 0.2) is 12.1 Å². The summed E-state index contributed by atoms with van der Waals surface area (Å²) in [6, 6.07) is 3.48. The van der Waals surface area contributed by atoms with Crippen LogP contribution < -0.4 is 15.2 Å². The van der Waals surface area contributed by atoms with Gasteiger partial charge in [-0.2, -0.15) is 0 Å². The van der Waals surface area contributed by atoms with Gasteiger partial charge in [0.25, 0.3) is 0 Å². The number of carbonyl (C=O) groups is 1. The zero-order chi connectivity index (χ0) is 12.1. The molecule has 0 aliphatic rings. The van der Waals surface area contributed by atoms with Crippen LogP contribution in [0.4, 0.5) is 0 Å². The molecule has 0 aliphatic carbocycles. The standard InChI is InChI=1S/C12H17NO3/c1-8-9(10(14)6-7-13)4-5-11(15-2)12(8)16-3/h4-5H,6-7,13H2,1-3H3. The van der Waals surface area contributed by atoms with Crippen molar-refractivity contribution in [1.82, 2.24) is 0 Å². The Morgan fingerprint density at radius 3 is 2.50 bits per heavy atom. The van der Waals surface area contributed by atoms with Crippen LogP contribution in [0.2, 0.25) is 0 Å². The van der Waals surface area contributed by atoms with Gasteiger partial charge in [-0.05, 0) is 25.6 Å². The third-order valence-electron chi connectivity index (χ3n) is 2.47. The molecule has 4 heteroatoms. The summed E-state index contributed by atoms with van der Waals surface area (Å²) >= 11 is 0. The lowest BCUT2D eigenvalue weighted by Gasteiger charge is -2.13. The second-order valence-electron chi connectivity index (χ2n) is 3.44. The molecule has 0 aliphatic heterocycles. The average molecular weight is 223 g/mol. The SMILES string of the molecule is COc1ccc(C(=O)CCN)c(C)c1OC. The van der Waals surface area contributed by atoms with Gasteiger partial charge in [-0.1, -0.05) is 0 Å². The molecule has 2 N–H and O–H groups in total. The van der Waals surface area contributed by atoms with Crippen LogP contribution in [0, 0.1) is 6.92 Å². The molecule has 88 valence electrons. The number of benzene rings is 1. The Morgan fingerprint density at radius 1 is 1.31 bits per heavy atom. The maximum Gasteiger partial charge on any atom is 0.164 e. The molecule has 0 amide bonds. The lowest BCUT2D eigenvalue weighted by Crippen LogP contribution is -2.10. The zero-order valence-corrected chi connectivity index (χ0v) is 9.87. The minimum atomic E-state index is 0.0287. The molecule has 0 aromatic heterocycles. The Kier molecular flexibility index (Phi) is 4.31. The molecule has 0 saturated carbocycles. The number of hydrogen-bond acceptors (Lipinski definition) is 4. The zero-order valence-electron chi connectivity index (χ0n) is 9.87. The molecule has 0 atom stereocenters. The first-order valence-electron chi connectivity index (χ1n) is 5.10. The van der Waals surface area contributed by atoms with E-state index in [4.69, 9.17) is 15.2 Å². The Morgan fingerprint density at radius 2 is 2.00 bits per heavy atom. The summed E-state index contributed by atoms with van der Waals surface area (Å²) in [5.41, 5.74) is 6.80. The van der Waals surface area contributed by atoms with Crippen LogP contribution in [0.1, 0.15) is 22.3 Å². The molecule has 16 heavy (non-hydrogen) atoms. The van der Waals surface area contributed by atoms with Gasteiger partial charge in [0.15, 0.2) is 17.3 Å². The lowest BCUT2D eigenvalue weighted by atomic mass is 10.0. The summed E-state index contributed by atoms with van der Waals surface area (Å²) in [7, 11) is 3.13. The van der Waals surface area contributed by atoms with E-state index < -0.39 is 0 Å². The van der Waals surface area contributed by atoms with Crippen molar-refractivity contribution in [3.8, 4) is 11.5 Å². The Hall–Kier alpha value is -1.55. The van der Waals surface area contributed by atoms with Crippen molar-refractivity contribution in [3.63, 3.8) is 0 Å². The van der Waals surface area contributed by atoms with E-state index in [0.717, 1.165) is 5.56 Å². The number of rotatable bonds is 5. The maximum absolute atomic E-state index is 11.8. The van der Waals surface area contributed by atoms with E-state index in [1.807, 2.05) is 6.92 Å². The fourth-order valence-electron chi connectivity index (χ4n) is 1.65. The van der Waals surface area contributed by atoms with E-state index in [9.17, 15) is 4.79 Å². The smallest absolute Gasteiger partial charge is 0.164 e. The summed E-state index contributed by atoms with van der Waals surface area (Å²) in [6.07, 6.45) is 0.344. The van der Waals surface area contributed by atoms with Gasteiger partial charge in [0, 0.05) is 17.5 Å². The highest BCUT2D eigenvalue weighted by Crippen LogP contribution is 2.33. The molecule has 1 aromatic carbocycles. The lowest BCUT2D eigenvalue weighted by molar-refractivity contribution is 0.0984. The van der Waals surface area contributed by atoms with Gasteiger partial charge in [0.2, 0.25) is 0 Å². The first kappa shape index (κ1) is 12.5. The van der Waals surface area contributed by atoms with Gasteiger partial charge in [-0.25, -0.2) is 0 Å². The Labute approximate surface area is 95.3 Å². The van der Waals surface area contributed by atoms with E-state index in [1.54, 1.807) is 26.4 Å². The summed E-state index contributed by atoms with van der Waals surface area (Å²) < 4.78 is 10.4. The Bertz CT molecular complexity index is 388. The van der Waals surface area contributed by atoms with Crippen molar-refractivity contribution in [3.05, 3.63) is 23.3 Å². The van der Waals surface area contributed by atoms with Crippen LogP contribution in [0.5, 0.6) is 11.5 Å². The van der Waals surface area contributed by atoms with Crippen LogP contribution >= 0.6 is 0 Å². The van der Waals surface area contributed by atoms with Crippen LogP contribution in [0.3, 0.4) is 0 Å². The molecule has 0 fully saturated rings. The van der Waals surface area contributed by atoms with Crippen molar-refractivity contribution in [1.29, 1.82) is 0 Å². The first-order valence-corrected chi connectivity index (χ1v) is 5.10. The van der Waals surface area contributed by atoms with E-state index in [-0.39, 0.29) is 5.78 Å². The average Bonchev–Trinajstić information content (AvgIpc) is 2.28. The summed E-state index contributed by atoms with van der Waals surface area (Å²) in [4.78, 5) is 11.8. The first-order chi connectivity index (χ1) is 7.65. The van der Waals surface area contributed by atoms with E-state index >= 15 is 0 Å². The fraction of sp³-hybridized carbons (Fsp3) is 0.417. The third-order valence-corrected chi connectivity index (χ3v) is 2.47. The second-order valence-corrected chi connectivity index (χ2v) is 3.44. The molecular weight excluding hydrogens is 206 g/mol. The van der Waals surface area contributed by atoms with Gasteiger partial charge in [0.1, 0.15) is 0 Å². The third kappa shape index (κ3) is 2.33. The number of Topliss-reactive ketones (excluding diaryl/α,β-unsaturated/α-hetero) is 1. The van der Waals surface area contributed by atoms with E-state index in [0.29, 0.717) is 30.0 Å². The number of hydrogen-bond donors (Lipinski definition) is 1. The minimum Gasteiger partial charge on any atom is -0.493 e. The predicted octanol–water partition coefficient (Wildman–Crippen LogP) is 1.54. The van der Waals surface area contributed by atoms with Crippen molar-refractivity contribution < 1.29 is 14.3 Å². The molecule has 1 aromatic rings. The topological polar surface area (TPSA) is 61.5 Å². The normalized spacial score (nSPS) is 10.0. The minimum absolute atomic E-state index is 0.0287. The predicted molar refractivity (Wildman–Crippen MR) is 62.3 cm³/mol. The Balaban J connectivity index is 3.18. The number of nitrogens with two attached hydrogens (primary N) is 1. The number of ketones is 1. The highest BCUT2D eigenvalue weighted by atomic mass is 16.5. The van der Waals surface area contributed by atoms with Crippen molar-refractivity contribution >= 4 is 5.78 Å². The summed E-state index contributed by atoms with van der Waals surface area (Å²) in [5.74, 6) is 1.26. The largest absolute Gasteiger partial charge is 0.493 e. The molecule has 0 spiro atoms. The molecule has 0 saturated heterocycles. The molecule has 0 unspecified atom stereocenters. The van der Waals surface area contributed by atoms with Crippen molar-refractivity contribution in [2.24, 2.45) is 5.73 Å². The number of carbonyl (C=O) groups excluding carboxylic acids is 1. The van der Waals surface area contributed by atoms with E-state index in [2.05, 4.69) is 0 Å². The molecule has 0 heterocycles. The summed E-state index contributed by atoms with van der Waals surface area (Å²) in [5, 5.41) is 0. The van der Waals surface area contributed by atoms with Crippen molar-refractivity contribution in [2.75, 3.05) is 20.8 Å². The molecule has 1 rings (SSSR count). The molecule has 0 radical (unpaired) electrons. The quantitative estimate of drug-likeness (QED) is 0.769. The van der Waals surface area contributed by atoms with Gasteiger partial charge in [0.05, 0.1) is 14.2 Å².